The van der Waals surface area contributed by atoms with Crippen LogP contribution in [0.4, 0.5) is 0 Å². The molecule has 90 valence electrons. The maximum atomic E-state index is 5.41. The second-order valence-electron chi connectivity index (χ2n) is 5.44. The number of rotatable bonds is 1. The monoisotopic (exact) mass is 240 g/mol. The maximum absolute atomic E-state index is 5.41. The summed E-state index contributed by atoms with van der Waals surface area (Å²) in [6.45, 7) is 8.37. The fourth-order valence-corrected chi connectivity index (χ4v) is 2.57. The third-order valence-electron chi connectivity index (χ3n) is 3.14. The van der Waals surface area contributed by atoms with Gasteiger partial charge in [0.25, 0.3) is 0 Å². The smallest absolute Gasteiger partial charge is 0.177 e. The summed E-state index contributed by atoms with van der Waals surface area (Å²) in [5.74, 6) is 0. The lowest BCUT2D eigenvalue weighted by atomic mass is 9.92. The van der Waals surface area contributed by atoms with Crippen LogP contribution in [0.1, 0.15) is 45.3 Å². The summed E-state index contributed by atoms with van der Waals surface area (Å²) in [5.41, 5.74) is 1.43. The van der Waals surface area contributed by atoms with Crippen LogP contribution in [0.2, 0.25) is 0 Å². The SMILES string of the molecule is CC(C)(C)c1c[nH]c(=S)n1C1CCOCC1. The summed E-state index contributed by atoms with van der Waals surface area (Å²) in [4.78, 5) is 3.18. The molecule has 16 heavy (non-hydrogen) atoms. The second-order valence-corrected chi connectivity index (χ2v) is 5.83. The van der Waals surface area contributed by atoms with Crippen molar-refractivity contribution in [3.05, 3.63) is 16.7 Å². The van der Waals surface area contributed by atoms with Crippen molar-refractivity contribution in [2.75, 3.05) is 13.2 Å². The Labute approximate surface area is 102 Å². The Morgan fingerprint density at radius 2 is 2.00 bits per heavy atom. The van der Waals surface area contributed by atoms with Gasteiger partial charge >= 0.3 is 0 Å². The first-order valence-electron chi connectivity index (χ1n) is 5.88. The van der Waals surface area contributed by atoms with Gasteiger partial charge in [-0.15, -0.1) is 0 Å². The average Bonchev–Trinajstić information content (AvgIpc) is 2.61. The predicted molar refractivity (Wildman–Crippen MR) is 67.4 cm³/mol. The highest BCUT2D eigenvalue weighted by Gasteiger charge is 2.25. The molecular weight excluding hydrogens is 220 g/mol. The molecule has 0 spiro atoms. The van der Waals surface area contributed by atoms with Crippen LogP contribution in [0.15, 0.2) is 6.20 Å². The second kappa shape index (κ2) is 4.34. The zero-order valence-corrected chi connectivity index (χ0v) is 11.1. The van der Waals surface area contributed by atoms with Gasteiger partial charge in [0.2, 0.25) is 0 Å². The van der Waals surface area contributed by atoms with Crippen molar-refractivity contribution in [2.24, 2.45) is 0 Å². The molecule has 4 heteroatoms. The van der Waals surface area contributed by atoms with E-state index in [-0.39, 0.29) is 5.41 Å². The predicted octanol–water partition coefficient (Wildman–Crippen LogP) is 3.19. The minimum atomic E-state index is 0.131. The molecule has 0 radical (unpaired) electrons. The lowest BCUT2D eigenvalue weighted by Crippen LogP contribution is -2.25. The minimum absolute atomic E-state index is 0.131. The van der Waals surface area contributed by atoms with Crippen LogP contribution >= 0.6 is 12.2 Å². The molecule has 2 rings (SSSR count). The van der Waals surface area contributed by atoms with Crippen LogP contribution in [0, 0.1) is 4.77 Å². The molecule has 0 unspecified atom stereocenters. The van der Waals surface area contributed by atoms with E-state index in [1.165, 1.54) is 5.69 Å². The number of imidazole rings is 1. The van der Waals surface area contributed by atoms with Crippen molar-refractivity contribution in [1.82, 2.24) is 9.55 Å². The van der Waals surface area contributed by atoms with Gasteiger partial charge in [-0.3, -0.25) is 0 Å². The van der Waals surface area contributed by atoms with E-state index in [1.54, 1.807) is 0 Å². The molecule has 1 saturated heterocycles. The normalized spacial score (nSPS) is 18.9. The zero-order chi connectivity index (χ0) is 11.8. The molecule has 0 saturated carbocycles. The van der Waals surface area contributed by atoms with Crippen molar-refractivity contribution < 1.29 is 4.74 Å². The van der Waals surface area contributed by atoms with Crippen LogP contribution in [-0.2, 0) is 10.2 Å². The molecule has 0 aromatic carbocycles. The Hall–Kier alpha value is -0.610. The number of aromatic nitrogens is 2. The molecule has 1 aliphatic heterocycles. The van der Waals surface area contributed by atoms with Crippen molar-refractivity contribution >= 4 is 12.2 Å². The van der Waals surface area contributed by atoms with Gasteiger partial charge in [0.1, 0.15) is 0 Å². The van der Waals surface area contributed by atoms with E-state index in [1.807, 2.05) is 0 Å². The molecule has 1 fully saturated rings. The molecule has 0 atom stereocenters. The average molecular weight is 240 g/mol. The summed E-state index contributed by atoms with van der Waals surface area (Å²) in [7, 11) is 0. The van der Waals surface area contributed by atoms with E-state index < -0.39 is 0 Å². The Balaban J connectivity index is 2.38. The van der Waals surface area contributed by atoms with Gasteiger partial charge in [-0.2, -0.15) is 0 Å². The number of hydrogen-bond acceptors (Lipinski definition) is 2. The Kier molecular flexibility index (Phi) is 3.22. The number of nitrogens with one attached hydrogen (secondary N) is 1. The zero-order valence-electron chi connectivity index (χ0n) is 10.2. The van der Waals surface area contributed by atoms with Gasteiger partial charge in [0, 0.05) is 36.6 Å². The highest BCUT2D eigenvalue weighted by molar-refractivity contribution is 7.71. The fourth-order valence-electron chi connectivity index (χ4n) is 2.26. The highest BCUT2D eigenvalue weighted by Crippen LogP contribution is 2.29. The Morgan fingerprint density at radius 3 is 2.56 bits per heavy atom. The molecule has 1 aromatic rings. The molecule has 0 bridgehead atoms. The lowest BCUT2D eigenvalue weighted by molar-refractivity contribution is 0.0678. The molecule has 1 N–H and O–H groups in total. The lowest BCUT2D eigenvalue weighted by Gasteiger charge is -2.29. The van der Waals surface area contributed by atoms with Crippen molar-refractivity contribution in [3.8, 4) is 0 Å². The molecule has 1 aromatic heterocycles. The van der Waals surface area contributed by atoms with E-state index in [9.17, 15) is 0 Å². The number of aromatic amines is 1. The molecule has 2 heterocycles. The van der Waals surface area contributed by atoms with E-state index >= 15 is 0 Å². The van der Waals surface area contributed by atoms with Gasteiger partial charge in [-0.05, 0) is 25.1 Å². The molecular formula is C12H20N2OS. The summed E-state index contributed by atoms with van der Waals surface area (Å²) in [6, 6.07) is 0.502. The van der Waals surface area contributed by atoms with Gasteiger partial charge < -0.3 is 14.3 Å². The van der Waals surface area contributed by atoms with Crippen molar-refractivity contribution in [3.63, 3.8) is 0 Å². The first-order valence-corrected chi connectivity index (χ1v) is 6.29. The van der Waals surface area contributed by atoms with Gasteiger partial charge in [0.05, 0.1) is 0 Å². The van der Waals surface area contributed by atoms with Crippen LogP contribution < -0.4 is 0 Å². The standard InChI is InChI=1S/C12H20N2OS/c1-12(2,3)10-8-13-11(16)14(10)9-4-6-15-7-5-9/h8-9H,4-7H2,1-3H3,(H,13,16). The largest absolute Gasteiger partial charge is 0.381 e. The third kappa shape index (κ3) is 2.23. The molecule has 3 nitrogen and oxygen atoms in total. The van der Waals surface area contributed by atoms with Crippen LogP contribution in [-0.4, -0.2) is 22.8 Å². The van der Waals surface area contributed by atoms with Crippen molar-refractivity contribution in [2.45, 2.75) is 45.1 Å². The maximum Gasteiger partial charge on any atom is 0.177 e. The molecule has 0 aliphatic carbocycles. The Bertz CT molecular complexity index is 407. The summed E-state index contributed by atoms with van der Waals surface area (Å²) < 4.78 is 8.54. The number of nitrogens with zero attached hydrogens (tertiary/aromatic N) is 1. The van der Waals surface area contributed by atoms with E-state index in [0.717, 1.165) is 30.8 Å². The van der Waals surface area contributed by atoms with Crippen molar-refractivity contribution in [1.29, 1.82) is 0 Å². The van der Waals surface area contributed by atoms with Crippen LogP contribution in [0.5, 0.6) is 0 Å². The van der Waals surface area contributed by atoms with Crippen LogP contribution in [0.3, 0.4) is 0 Å². The minimum Gasteiger partial charge on any atom is -0.381 e. The summed E-state index contributed by atoms with van der Waals surface area (Å²) >= 11 is 5.39. The number of H-pyrrole nitrogens is 1. The van der Waals surface area contributed by atoms with Gasteiger partial charge in [0.15, 0.2) is 4.77 Å². The van der Waals surface area contributed by atoms with E-state index in [2.05, 4.69) is 36.5 Å². The number of hydrogen-bond donors (Lipinski definition) is 1. The third-order valence-corrected chi connectivity index (χ3v) is 3.45. The van der Waals surface area contributed by atoms with Crippen LogP contribution in [0.25, 0.3) is 0 Å². The van der Waals surface area contributed by atoms with Gasteiger partial charge in [-0.1, -0.05) is 20.8 Å². The van der Waals surface area contributed by atoms with E-state index in [4.69, 9.17) is 17.0 Å². The summed E-state index contributed by atoms with van der Waals surface area (Å²) in [6.07, 6.45) is 4.18. The van der Waals surface area contributed by atoms with E-state index in [0.29, 0.717) is 6.04 Å². The molecule has 0 amide bonds. The quantitative estimate of drug-likeness (QED) is 0.764. The fraction of sp³-hybridized carbons (Fsp3) is 0.750. The highest BCUT2D eigenvalue weighted by atomic mass is 32.1. The topological polar surface area (TPSA) is 29.9 Å². The Morgan fingerprint density at radius 1 is 1.38 bits per heavy atom. The summed E-state index contributed by atoms with van der Waals surface area (Å²) in [5, 5.41) is 0. The first kappa shape index (κ1) is 11.9. The molecule has 1 aliphatic rings. The van der Waals surface area contributed by atoms with Gasteiger partial charge in [-0.25, -0.2) is 0 Å². The first-order chi connectivity index (χ1) is 7.50. The number of ether oxygens (including phenoxy) is 1.